The molecule has 24 heavy (non-hydrogen) atoms. The lowest BCUT2D eigenvalue weighted by Crippen LogP contribution is -2.30. The van der Waals surface area contributed by atoms with Crippen LogP contribution in [0, 0.1) is 0 Å². The molecule has 0 aliphatic carbocycles. The van der Waals surface area contributed by atoms with Crippen LogP contribution in [0.25, 0.3) is 10.8 Å². The van der Waals surface area contributed by atoms with Gasteiger partial charge in [0.15, 0.2) is 0 Å². The number of benzene rings is 2. The monoisotopic (exact) mass is 342 g/mol. The van der Waals surface area contributed by atoms with E-state index >= 15 is 0 Å². The van der Waals surface area contributed by atoms with E-state index in [2.05, 4.69) is 4.98 Å². The first kappa shape index (κ1) is 16.1. The summed E-state index contributed by atoms with van der Waals surface area (Å²) in [6, 6.07) is 14.8. The standard InChI is InChI=1S/C17H14N2O4S/c20-11-14-9-8-13(10-18-14)17(21)19-24(22,23)16-7-3-5-12-4-1-2-6-15(12)16/h1-10,20H,11H2,(H,19,21). The number of rotatable bonds is 4. The van der Waals surface area contributed by atoms with Crippen molar-refractivity contribution in [1.82, 2.24) is 9.71 Å². The second kappa shape index (κ2) is 6.38. The molecule has 0 spiro atoms. The van der Waals surface area contributed by atoms with Crippen LogP contribution in [0.5, 0.6) is 0 Å². The minimum Gasteiger partial charge on any atom is -0.390 e. The van der Waals surface area contributed by atoms with Gasteiger partial charge in [-0.3, -0.25) is 9.78 Å². The largest absolute Gasteiger partial charge is 0.390 e. The highest BCUT2D eigenvalue weighted by molar-refractivity contribution is 7.90. The first-order chi connectivity index (χ1) is 11.5. The number of carbonyl (C=O) groups excluding carboxylic acids is 1. The van der Waals surface area contributed by atoms with Crippen LogP contribution < -0.4 is 4.72 Å². The Balaban J connectivity index is 1.94. The molecule has 3 aromatic rings. The van der Waals surface area contributed by atoms with Gasteiger partial charge in [0.05, 0.1) is 22.8 Å². The molecular weight excluding hydrogens is 328 g/mol. The fraction of sp³-hybridized carbons (Fsp3) is 0.0588. The second-order valence-corrected chi connectivity index (χ2v) is 6.76. The quantitative estimate of drug-likeness (QED) is 0.754. The average molecular weight is 342 g/mol. The van der Waals surface area contributed by atoms with Crippen molar-refractivity contribution in [3.63, 3.8) is 0 Å². The van der Waals surface area contributed by atoms with Crippen molar-refractivity contribution in [2.24, 2.45) is 0 Å². The molecule has 0 atom stereocenters. The lowest BCUT2D eigenvalue weighted by atomic mass is 10.1. The van der Waals surface area contributed by atoms with Gasteiger partial charge in [-0.25, -0.2) is 13.1 Å². The number of sulfonamides is 1. The fourth-order valence-electron chi connectivity index (χ4n) is 2.32. The van der Waals surface area contributed by atoms with Crippen LogP contribution in [0.4, 0.5) is 0 Å². The topological polar surface area (TPSA) is 96.4 Å². The van der Waals surface area contributed by atoms with Crippen molar-refractivity contribution in [3.8, 4) is 0 Å². The van der Waals surface area contributed by atoms with E-state index < -0.39 is 15.9 Å². The zero-order valence-electron chi connectivity index (χ0n) is 12.5. The maximum atomic E-state index is 12.6. The first-order valence-electron chi connectivity index (χ1n) is 7.12. The van der Waals surface area contributed by atoms with Crippen molar-refractivity contribution in [3.05, 3.63) is 72.1 Å². The van der Waals surface area contributed by atoms with E-state index in [1.165, 1.54) is 24.4 Å². The van der Waals surface area contributed by atoms with Crippen LogP contribution >= 0.6 is 0 Å². The molecular formula is C17H14N2O4S. The Kier molecular flexibility index (Phi) is 4.28. The maximum absolute atomic E-state index is 12.6. The highest BCUT2D eigenvalue weighted by atomic mass is 32.2. The van der Waals surface area contributed by atoms with E-state index in [1.807, 2.05) is 10.8 Å². The maximum Gasteiger partial charge on any atom is 0.266 e. The Morgan fingerprint density at radius 2 is 1.79 bits per heavy atom. The van der Waals surface area contributed by atoms with E-state index in [1.54, 1.807) is 30.3 Å². The number of carbonyl (C=O) groups is 1. The zero-order valence-corrected chi connectivity index (χ0v) is 13.3. The van der Waals surface area contributed by atoms with Crippen molar-refractivity contribution in [2.45, 2.75) is 11.5 Å². The number of hydrogen-bond acceptors (Lipinski definition) is 5. The predicted molar refractivity (Wildman–Crippen MR) is 88.8 cm³/mol. The Labute approximate surface area is 138 Å². The van der Waals surface area contributed by atoms with E-state index in [-0.39, 0.29) is 17.1 Å². The Morgan fingerprint density at radius 3 is 2.50 bits per heavy atom. The van der Waals surface area contributed by atoms with Gasteiger partial charge in [-0.1, -0.05) is 36.4 Å². The number of nitrogens with zero attached hydrogens (tertiary/aromatic N) is 1. The zero-order chi connectivity index (χ0) is 17.2. The van der Waals surface area contributed by atoms with Gasteiger partial charge in [-0.15, -0.1) is 0 Å². The summed E-state index contributed by atoms with van der Waals surface area (Å²) in [7, 11) is -4.03. The third kappa shape index (κ3) is 3.12. The van der Waals surface area contributed by atoms with Crippen LogP contribution in [-0.4, -0.2) is 24.4 Å². The number of aliphatic hydroxyl groups excluding tert-OH is 1. The molecule has 0 fully saturated rings. The lowest BCUT2D eigenvalue weighted by Gasteiger charge is -2.09. The molecule has 122 valence electrons. The summed E-state index contributed by atoms with van der Waals surface area (Å²) in [5.41, 5.74) is 0.486. The number of pyridine rings is 1. The molecule has 6 nitrogen and oxygen atoms in total. The first-order valence-corrected chi connectivity index (χ1v) is 8.60. The summed E-state index contributed by atoms with van der Waals surface area (Å²) < 4.78 is 27.2. The summed E-state index contributed by atoms with van der Waals surface area (Å²) in [6.07, 6.45) is 1.22. The number of aliphatic hydroxyl groups is 1. The van der Waals surface area contributed by atoms with E-state index in [0.717, 1.165) is 5.39 Å². The molecule has 0 saturated carbocycles. The number of aromatic nitrogens is 1. The van der Waals surface area contributed by atoms with Crippen LogP contribution in [0.15, 0.2) is 65.7 Å². The Hall–Kier alpha value is -2.77. The van der Waals surface area contributed by atoms with Crippen LogP contribution in [-0.2, 0) is 16.6 Å². The van der Waals surface area contributed by atoms with Crippen molar-refractivity contribution < 1.29 is 18.3 Å². The van der Waals surface area contributed by atoms with E-state index in [9.17, 15) is 13.2 Å². The highest BCUT2D eigenvalue weighted by Gasteiger charge is 2.21. The molecule has 0 radical (unpaired) electrons. The van der Waals surface area contributed by atoms with E-state index in [4.69, 9.17) is 5.11 Å². The molecule has 2 N–H and O–H groups in total. The molecule has 0 bridgehead atoms. The van der Waals surface area contributed by atoms with Crippen molar-refractivity contribution in [2.75, 3.05) is 0 Å². The molecule has 3 rings (SSSR count). The summed E-state index contributed by atoms with van der Waals surface area (Å²) in [5.74, 6) is -0.778. The molecule has 0 aliphatic rings. The number of hydrogen-bond donors (Lipinski definition) is 2. The third-order valence-corrected chi connectivity index (χ3v) is 4.90. The van der Waals surface area contributed by atoms with Gasteiger partial charge in [0.25, 0.3) is 15.9 Å². The molecule has 0 saturated heterocycles. The number of amides is 1. The Bertz CT molecular complexity index is 993. The van der Waals surface area contributed by atoms with E-state index in [0.29, 0.717) is 11.1 Å². The van der Waals surface area contributed by atoms with Gasteiger partial charge in [-0.2, -0.15) is 0 Å². The normalized spacial score (nSPS) is 11.4. The van der Waals surface area contributed by atoms with Gasteiger partial charge in [0, 0.05) is 11.6 Å². The molecule has 0 aliphatic heterocycles. The van der Waals surface area contributed by atoms with Gasteiger partial charge in [0.2, 0.25) is 0 Å². The predicted octanol–water partition coefficient (Wildman–Crippen LogP) is 1.85. The highest BCUT2D eigenvalue weighted by Crippen LogP contribution is 2.22. The van der Waals surface area contributed by atoms with Crippen LogP contribution in [0.2, 0.25) is 0 Å². The smallest absolute Gasteiger partial charge is 0.266 e. The summed E-state index contributed by atoms with van der Waals surface area (Å²) in [6.45, 7) is -0.254. The summed E-state index contributed by atoms with van der Waals surface area (Å²) >= 11 is 0. The molecule has 1 amide bonds. The minimum absolute atomic E-state index is 0.0360. The molecule has 1 aromatic heterocycles. The third-order valence-electron chi connectivity index (χ3n) is 3.52. The van der Waals surface area contributed by atoms with Gasteiger partial charge >= 0.3 is 0 Å². The molecule has 1 heterocycles. The SMILES string of the molecule is O=C(NS(=O)(=O)c1cccc2ccccc12)c1ccc(CO)nc1. The van der Waals surface area contributed by atoms with Crippen LogP contribution in [0.3, 0.4) is 0 Å². The fourth-order valence-corrected chi connectivity index (χ4v) is 3.52. The van der Waals surface area contributed by atoms with Crippen LogP contribution in [0.1, 0.15) is 16.1 Å². The number of nitrogens with one attached hydrogen (secondary N) is 1. The molecule has 0 unspecified atom stereocenters. The van der Waals surface area contributed by atoms with Gasteiger partial charge < -0.3 is 5.11 Å². The molecule has 2 aromatic carbocycles. The summed E-state index contributed by atoms with van der Waals surface area (Å²) in [4.78, 5) is 16.1. The van der Waals surface area contributed by atoms with Gasteiger partial charge in [-0.05, 0) is 23.6 Å². The Morgan fingerprint density at radius 1 is 1.04 bits per heavy atom. The van der Waals surface area contributed by atoms with Crippen molar-refractivity contribution >= 4 is 26.7 Å². The average Bonchev–Trinajstić information content (AvgIpc) is 2.61. The summed E-state index contributed by atoms with van der Waals surface area (Å²) in [5, 5.41) is 10.2. The van der Waals surface area contributed by atoms with Gasteiger partial charge in [0.1, 0.15) is 0 Å². The second-order valence-electron chi connectivity index (χ2n) is 5.11. The molecule has 7 heteroatoms. The minimum atomic E-state index is -4.03. The number of fused-ring (bicyclic) bond motifs is 1. The van der Waals surface area contributed by atoms with Crippen molar-refractivity contribution in [1.29, 1.82) is 0 Å². The lowest BCUT2D eigenvalue weighted by molar-refractivity contribution is 0.0981.